The topological polar surface area (TPSA) is 32.3 Å². The molecule has 1 aliphatic rings. The van der Waals surface area contributed by atoms with Crippen LogP contribution in [0.4, 0.5) is 8.78 Å². The number of benzene rings is 1. The Morgan fingerprint density at radius 3 is 2.56 bits per heavy atom. The van der Waals surface area contributed by atoms with E-state index in [4.69, 9.17) is 11.6 Å². The Kier molecular flexibility index (Phi) is 3.30. The van der Waals surface area contributed by atoms with Crippen molar-refractivity contribution in [3.8, 4) is 5.75 Å². The average molecular weight is 248 g/mol. The molecule has 1 heterocycles. The van der Waals surface area contributed by atoms with Crippen molar-refractivity contribution in [2.45, 2.75) is 18.8 Å². The maximum atomic E-state index is 13.7. The Hall–Kier alpha value is -0.870. The van der Waals surface area contributed by atoms with Crippen LogP contribution in [0.15, 0.2) is 6.07 Å². The first-order valence-electron chi connectivity index (χ1n) is 5.18. The molecule has 0 aliphatic carbocycles. The number of rotatable bonds is 1. The summed E-state index contributed by atoms with van der Waals surface area (Å²) in [5, 5.41) is 12.4. The predicted octanol–water partition coefficient (Wildman–Crippen LogP) is 2.79. The summed E-state index contributed by atoms with van der Waals surface area (Å²) in [5.41, 5.74) is 0.0199. The van der Waals surface area contributed by atoms with Crippen LogP contribution in [0, 0.1) is 11.6 Å². The van der Waals surface area contributed by atoms with Crippen LogP contribution < -0.4 is 5.32 Å². The smallest absolute Gasteiger partial charge is 0.166 e. The van der Waals surface area contributed by atoms with Gasteiger partial charge in [-0.3, -0.25) is 0 Å². The van der Waals surface area contributed by atoms with Gasteiger partial charge in [0.15, 0.2) is 11.6 Å². The van der Waals surface area contributed by atoms with E-state index in [1.807, 2.05) is 0 Å². The molecule has 16 heavy (non-hydrogen) atoms. The Labute approximate surface area is 97.2 Å². The zero-order valence-electron chi connectivity index (χ0n) is 8.56. The molecule has 5 heteroatoms. The maximum absolute atomic E-state index is 13.7. The monoisotopic (exact) mass is 247 g/mol. The van der Waals surface area contributed by atoms with Crippen LogP contribution in [0.3, 0.4) is 0 Å². The lowest BCUT2D eigenvalue weighted by molar-refractivity contribution is 0.387. The van der Waals surface area contributed by atoms with Crippen LogP contribution in [0.5, 0.6) is 5.75 Å². The van der Waals surface area contributed by atoms with Crippen LogP contribution in [0.1, 0.15) is 24.3 Å². The van der Waals surface area contributed by atoms with Crippen LogP contribution in [0.25, 0.3) is 0 Å². The number of nitrogens with one attached hydrogen (secondary N) is 1. The van der Waals surface area contributed by atoms with Gasteiger partial charge in [-0.05, 0) is 37.9 Å². The lowest BCUT2D eigenvalue weighted by Gasteiger charge is -2.24. The number of phenols is 1. The fourth-order valence-corrected chi connectivity index (χ4v) is 2.28. The van der Waals surface area contributed by atoms with Crippen LogP contribution >= 0.6 is 11.6 Å². The van der Waals surface area contributed by atoms with Gasteiger partial charge in [-0.2, -0.15) is 0 Å². The molecule has 0 amide bonds. The Bertz CT molecular complexity index is 379. The largest absolute Gasteiger partial charge is 0.505 e. The van der Waals surface area contributed by atoms with Crippen molar-refractivity contribution in [2.75, 3.05) is 13.1 Å². The second kappa shape index (κ2) is 4.55. The lowest BCUT2D eigenvalue weighted by atomic mass is 9.89. The molecule has 0 saturated carbocycles. The molecule has 88 valence electrons. The Morgan fingerprint density at radius 1 is 1.31 bits per heavy atom. The summed E-state index contributed by atoms with van der Waals surface area (Å²) in [6, 6.07) is 0.802. The molecule has 0 atom stereocenters. The highest BCUT2D eigenvalue weighted by molar-refractivity contribution is 6.30. The number of halogens is 3. The van der Waals surface area contributed by atoms with Crippen LogP contribution in [0.2, 0.25) is 5.02 Å². The first-order chi connectivity index (χ1) is 7.61. The third-order valence-electron chi connectivity index (χ3n) is 2.93. The third-order valence-corrected chi connectivity index (χ3v) is 3.20. The average Bonchev–Trinajstić information content (AvgIpc) is 2.28. The molecule has 1 aromatic rings. The van der Waals surface area contributed by atoms with Gasteiger partial charge in [0.05, 0.1) is 5.02 Å². The van der Waals surface area contributed by atoms with Gasteiger partial charge in [0, 0.05) is 5.56 Å². The van der Waals surface area contributed by atoms with Crippen LogP contribution in [-0.2, 0) is 0 Å². The van der Waals surface area contributed by atoms with E-state index in [1.54, 1.807) is 0 Å². The molecule has 0 bridgehead atoms. The second-order valence-electron chi connectivity index (χ2n) is 3.94. The normalized spacial score (nSPS) is 17.7. The standard InChI is InChI=1S/C11H12ClF2NO/c12-7-5-8(13)11(16)9(10(7)14)6-1-3-15-4-2-6/h5-6,15-16H,1-4H2. The molecule has 1 aliphatic heterocycles. The van der Waals surface area contributed by atoms with Crippen molar-refractivity contribution in [1.29, 1.82) is 0 Å². The highest BCUT2D eigenvalue weighted by Crippen LogP contribution is 2.38. The van der Waals surface area contributed by atoms with E-state index in [9.17, 15) is 13.9 Å². The van der Waals surface area contributed by atoms with Crippen molar-refractivity contribution in [3.05, 3.63) is 28.3 Å². The van der Waals surface area contributed by atoms with Gasteiger partial charge in [-0.1, -0.05) is 11.6 Å². The minimum atomic E-state index is -0.861. The SMILES string of the molecule is Oc1c(F)cc(Cl)c(F)c1C1CCNCC1. The van der Waals surface area contributed by atoms with E-state index in [0.29, 0.717) is 12.8 Å². The van der Waals surface area contributed by atoms with E-state index < -0.39 is 17.4 Å². The number of phenolic OH excluding ortho intramolecular Hbond substituents is 1. The first-order valence-corrected chi connectivity index (χ1v) is 5.56. The Balaban J connectivity index is 2.45. The minimum absolute atomic E-state index is 0.0199. The van der Waals surface area contributed by atoms with Gasteiger partial charge >= 0.3 is 0 Å². The highest BCUT2D eigenvalue weighted by Gasteiger charge is 2.25. The van der Waals surface area contributed by atoms with E-state index in [1.165, 1.54) is 0 Å². The summed E-state index contributed by atoms with van der Waals surface area (Å²) in [4.78, 5) is 0. The number of aromatic hydroxyl groups is 1. The highest BCUT2D eigenvalue weighted by atomic mass is 35.5. The third kappa shape index (κ3) is 1.99. The molecule has 0 aromatic heterocycles. The fourth-order valence-electron chi connectivity index (χ4n) is 2.09. The summed E-state index contributed by atoms with van der Waals surface area (Å²) in [6.07, 6.45) is 1.34. The molecule has 2 N–H and O–H groups in total. The van der Waals surface area contributed by atoms with Gasteiger partial charge in [-0.15, -0.1) is 0 Å². The van der Waals surface area contributed by atoms with Crippen molar-refractivity contribution in [2.24, 2.45) is 0 Å². The maximum Gasteiger partial charge on any atom is 0.166 e. The van der Waals surface area contributed by atoms with Gasteiger partial charge < -0.3 is 10.4 Å². The molecule has 0 radical (unpaired) electrons. The second-order valence-corrected chi connectivity index (χ2v) is 4.35. The summed E-state index contributed by atoms with van der Waals surface area (Å²) < 4.78 is 27.0. The Morgan fingerprint density at radius 2 is 1.94 bits per heavy atom. The summed E-state index contributed by atoms with van der Waals surface area (Å²) in [6.45, 7) is 1.47. The van der Waals surface area contributed by atoms with E-state index in [-0.39, 0.29) is 16.5 Å². The van der Waals surface area contributed by atoms with E-state index in [0.717, 1.165) is 19.2 Å². The van der Waals surface area contributed by atoms with Gasteiger partial charge in [0.25, 0.3) is 0 Å². The molecule has 1 saturated heterocycles. The molecule has 2 rings (SSSR count). The minimum Gasteiger partial charge on any atom is -0.505 e. The van der Waals surface area contributed by atoms with Crippen molar-refractivity contribution in [1.82, 2.24) is 5.32 Å². The molecule has 0 unspecified atom stereocenters. The lowest BCUT2D eigenvalue weighted by Crippen LogP contribution is -2.27. The quantitative estimate of drug-likeness (QED) is 0.748. The van der Waals surface area contributed by atoms with Gasteiger partial charge in [0.2, 0.25) is 0 Å². The zero-order valence-corrected chi connectivity index (χ0v) is 9.32. The van der Waals surface area contributed by atoms with Gasteiger partial charge in [-0.25, -0.2) is 8.78 Å². The summed E-state index contributed by atoms with van der Waals surface area (Å²) in [5.74, 6) is -2.34. The predicted molar refractivity (Wildman–Crippen MR) is 57.9 cm³/mol. The van der Waals surface area contributed by atoms with Gasteiger partial charge in [0.1, 0.15) is 5.82 Å². The molecule has 2 nitrogen and oxygen atoms in total. The summed E-state index contributed by atoms with van der Waals surface area (Å²) >= 11 is 5.57. The summed E-state index contributed by atoms with van der Waals surface area (Å²) in [7, 11) is 0. The van der Waals surface area contributed by atoms with Crippen molar-refractivity contribution < 1.29 is 13.9 Å². The molecule has 1 aromatic carbocycles. The first kappa shape index (κ1) is 11.6. The zero-order chi connectivity index (χ0) is 11.7. The van der Waals surface area contributed by atoms with Crippen molar-refractivity contribution >= 4 is 11.6 Å². The number of hydrogen-bond acceptors (Lipinski definition) is 2. The fraction of sp³-hybridized carbons (Fsp3) is 0.455. The van der Waals surface area contributed by atoms with E-state index >= 15 is 0 Å². The molecule has 0 spiro atoms. The molecular weight excluding hydrogens is 236 g/mol. The number of hydrogen-bond donors (Lipinski definition) is 2. The van der Waals surface area contributed by atoms with E-state index in [2.05, 4.69) is 5.32 Å². The molecule has 1 fully saturated rings. The van der Waals surface area contributed by atoms with Crippen molar-refractivity contribution in [3.63, 3.8) is 0 Å². The number of piperidine rings is 1. The molecular formula is C11H12ClF2NO. The van der Waals surface area contributed by atoms with Crippen LogP contribution in [-0.4, -0.2) is 18.2 Å².